The number of aliphatic hydroxyl groups excluding tert-OH is 1. The second kappa shape index (κ2) is 5.49. The quantitative estimate of drug-likeness (QED) is 0.787. The average molecular weight is 213 g/mol. The maximum atomic E-state index is 9.11. The average Bonchev–Trinajstić information content (AvgIpc) is 2.50. The van der Waals surface area contributed by atoms with E-state index in [2.05, 4.69) is 30.6 Å². The van der Waals surface area contributed by atoms with Crippen molar-refractivity contribution in [3.05, 3.63) is 21.9 Å². The van der Waals surface area contributed by atoms with Crippen molar-refractivity contribution in [1.82, 2.24) is 5.32 Å². The summed E-state index contributed by atoms with van der Waals surface area (Å²) in [7, 11) is 0. The summed E-state index contributed by atoms with van der Waals surface area (Å²) in [6.07, 6.45) is 0.605. The van der Waals surface area contributed by atoms with Gasteiger partial charge in [-0.25, -0.2) is 0 Å². The first-order valence-electron chi connectivity index (χ1n) is 5.06. The van der Waals surface area contributed by atoms with Crippen LogP contribution in [0.5, 0.6) is 0 Å². The molecule has 1 aromatic rings. The summed E-state index contributed by atoms with van der Waals surface area (Å²) in [6.45, 7) is 7.00. The van der Waals surface area contributed by atoms with Gasteiger partial charge >= 0.3 is 0 Å². The second-order valence-electron chi connectivity index (χ2n) is 3.78. The molecule has 2 N–H and O–H groups in total. The summed E-state index contributed by atoms with van der Waals surface area (Å²) in [6, 6.07) is 2.54. The van der Waals surface area contributed by atoms with E-state index in [1.54, 1.807) is 11.3 Å². The Labute approximate surface area is 90.0 Å². The molecule has 1 aromatic heterocycles. The van der Waals surface area contributed by atoms with Gasteiger partial charge in [-0.3, -0.25) is 0 Å². The van der Waals surface area contributed by atoms with Gasteiger partial charge < -0.3 is 10.4 Å². The van der Waals surface area contributed by atoms with Crippen LogP contribution in [-0.2, 0) is 0 Å². The fraction of sp³-hybridized carbons (Fsp3) is 0.636. The zero-order valence-electron chi connectivity index (χ0n) is 9.08. The molecule has 0 unspecified atom stereocenters. The van der Waals surface area contributed by atoms with Crippen molar-refractivity contribution >= 4 is 11.3 Å². The number of hydrogen-bond acceptors (Lipinski definition) is 3. The summed E-state index contributed by atoms with van der Waals surface area (Å²) in [5, 5.41) is 14.6. The van der Waals surface area contributed by atoms with Gasteiger partial charge in [0, 0.05) is 10.9 Å². The molecule has 80 valence electrons. The van der Waals surface area contributed by atoms with Crippen molar-refractivity contribution in [3.8, 4) is 0 Å². The molecule has 0 radical (unpaired) electrons. The predicted molar refractivity (Wildman–Crippen MR) is 61.8 cm³/mol. The second-order valence-corrected chi connectivity index (χ2v) is 4.73. The first kappa shape index (κ1) is 11.7. The molecular formula is C11H19NOS. The molecule has 3 heteroatoms. The summed E-state index contributed by atoms with van der Waals surface area (Å²) < 4.78 is 0. The molecule has 0 bridgehead atoms. The number of rotatable bonds is 5. The summed E-state index contributed by atoms with van der Waals surface area (Å²) in [5.41, 5.74) is 1.35. The van der Waals surface area contributed by atoms with Crippen molar-refractivity contribution in [1.29, 1.82) is 0 Å². The standard InChI is InChI=1S/C11H19NOS/c1-8-5-7-14-11(8)10(3)12-6-4-9(2)13/h5,7,9-10,12-13H,4,6H2,1-3H3/t9-,10+/m0/s1. The number of nitrogens with one attached hydrogen (secondary N) is 1. The first-order valence-corrected chi connectivity index (χ1v) is 5.94. The van der Waals surface area contributed by atoms with Gasteiger partial charge in [-0.05, 0) is 50.7 Å². The van der Waals surface area contributed by atoms with E-state index in [0.717, 1.165) is 13.0 Å². The zero-order valence-corrected chi connectivity index (χ0v) is 9.90. The molecule has 0 spiro atoms. The van der Waals surface area contributed by atoms with Crippen LogP contribution in [0.25, 0.3) is 0 Å². The minimum absolute atomic E-state index is 0.209. The Morgan fingerprint density at radius 3 is 2.71 bits per heavy atom. The van der Waals surface area contributed by atoms with Crippen molar-refractivity contribution in [3.63, 3.8) is 0 Å². The molecule has 2 atom stereocenters. The van der Waals surface area contributed by atoms with E-state index in [-0.39, 0.29) is 6.10 Å². The van der Waals surface area contributed by atoms with E-state index >= 15 is 0 Å². The molecular weight excluding hydrogens is 194 g/mol. The van der Waals surface area contributed by atoms with Gasteiger partial charge in [0.25, 0.3) is 0 Å². The van der Waals surface area contributed by atoms with Gasteiger partial charge in [0.2, 0.25) is 0 Å². The highest BCUT2D eigenvalue weighted by Crippen LogP contribution is 2.23. The van der Waals surface area contributed by atoms with Gasteiger partial charge in [0.05, 0.1) is 6.10 Å². The smallest absolute Gasteiger partial charge is 0.0524 e. The molecule has 0 saturated carbocycles. The van der Waals surface area contributed by atoms with E-state index in [4.69, 9.17) is 5.11 Å². The van der Waals surface area contributed by atoms with Crippen LogP contribution in [0.15, 0.2) is 11.4 Å². The predicted octanol–water partition coefficient (Wildman–Crippen LogP) is 2.48. The normalized spacial score (nSPS) is 15.4. The number of thiophene rings is 1. The Kier molecular flexibility index (Phi) is 4.58. The van der Waals surface area contributed by atoms with Crippen molar-refractivity contribution in [2.45, 2.75) is 39.3 Å². The molecule has 14 heavy (non-hydrogen) atoms. The molecule has 2 nitrogen and oxygen atoms in total. The Balaban J connectivity index is 2.36. The van der Waals surface area contributed by atoms with E-state index in [1.807, 2.05) is 6.92 Å². The fourth-order valence-corrected chi connectivity index (χ4v) is 2.39. The van der Waals surface area contributed by atoms with Crippen LogP contribution >= 0.6 is 11.3 Å². The fourth-order valence-electron chi connectivity index (χ4n) is 1.43. The zero-order chi connectivity index (χ0) is 10.6. The lowest BCUT2D eigenvalue weighted by Crippen LogP contribution is -2.22. The van der Waals surface area contributed by atoms with Crippen LogP contribution in [0.4, 0.5) is 0 Å². The Bertz CT molecular complexity index is 270. The highest BCUT2D eigenvalue weighted by Gasteiger charge is 2.08. The largest absolute Gasteiger partial charge is 0.393 e. The lowest BCUT2D eigenvalue weighted by atomic mass is 10.2. The summed E-state index contributed by atoms with van der Waals surface area (Å²) >= 11 is 1.79. The summed E-state index contributed by atoms with van der Waals surface area (Å²) in [4.78, 5) is 1.40. The van der Waals surface area contributed by atoms with Crippen LogP contribution in [0, 0.1) is 6.92 Å². The van der Waals surface area contributed by atoms with Crippen LogP contribution in [-0.4, -0.2) is 17.8 Å². The van der Waals surface area contributed by atoms with Gasteiger partial charge in [-0.2, -0.15) is 0 Å². The SMILES string of the molecule is Cc1ccsc1[C@@H](C)NCC[C@H](C)O. The van der Waals surface area contributed by atoms with Crippen LogP contribution in [0.3, 0.4) is 0 Å². The van der Waals surface area contributed by atoms with Gasteiger partial charge in [0.15, 0.2) is 0 Å². The number of aliphatic hydroxyl groups is 1. The third kappa shape index (κ3) is 3.40. The van der Waals surface area contributed by atoms with Gasteiger partial charge in [-0.1, -0.05) is 0 Å². The van der Waals surface area contributed by atoms with Crippen LogP contribution in [0.1, 0.15) is 36.8 Å². The molecule has 0 aromatic carbocycles. The first-order chi connectivity index (χ1) is 6.61. The highest BCUT2D eigenvalue weighted by molar-refractivity contribution is 7.10. The molecule has 0 aliphatic heterocycles. The molecule has 0 amide bonds. The minimum atomic E-state index is -0.209. The highest BCUT2D eigenvalue weighted by atomic mass is 32.1. The minimum Gasteiger partial charge on any atom is -0.393 e. The van der Waals surface area contributed by atoms with E-state index in [0.29, 0.717) is 6.04 Å². The molecule has 0 aliphatic rings. The molecule has 1 heterocycles. The lowest BCUT2D eigenvalue weighted by molar-refractivity contribution is 0.182. The maximum Gasteiger partial charge on any atom is 0.0524 e. The molecule has 1 rings (SSSR count). The van der Waals surface area contributed by atoms with Gasteiger partial charge in [-0.15, -0.1) is 11.3 Å². The van der Waals surface area contributed by atoms with E-state index < -0.39 is 0 Å². The summed E-state index contributed by atoms with van der Waals surface area (Å²) in [5.74, 6) is 0. The van der Waals surface area contributed by atoms with Crippen molar-refractivity contribution in [2.24, 2.45) is 0 Å². The topological polar surface area (TPSA) is 32.3 Å². The molecule has 0 saturated heterocycles. The van der Waals surface area contributed by atoms with E-state index in [9.17, 15) is 0 Å². The number of aryl methyl sites for hydroxylation is 1. The molecule has 0 aliphatic carbocycles. The Morgan fingerprint density at radius 2 is 2.21 bits per heavy atom. The third-order valence-corrected chi connectivity index (χ3v) is 3.51. The van der Waals surface area contributed by atoms with Crippen molar-refractivity contribution in [2.75, 3.05) is 6.54 Å². The maximum absolute atomic E-state index is 9.11. The monoisotopic (exact) mass is 213 g/mol. The van der Waals surface area contributed by atoms with Crippen LogP contribution in [0.2, 0.25) is 0 Å². The number of hydrogen-bond donors (Lipinski definition) is 2. The lowest BCUT2D eigenvalue weighted by Gasteiger charge is -2.14. The van der Waals surface area contributed by atoms with E-state index in [1.165, 1.54) is 10.4 Å². The third-order valence-electron chi connectivity index (χ3n) is 2.31. The molecule has 0 fully saturated rings. The Hall–Kier alpha value is -0.380. The van der Waals surface area contributed by atoms with Crippen molar-refractivity contribution < 1.29 is 5.11 Å². The Morgan fingerprint density at radius 1 is 1.50 bits per heavy atom. The van der Waals surface area contributed by atoms with Crippen LogP contribution < -0.4 is 5.32 Å². The van der Waals surface area contributed by atoms with Gasteiger partial charge in [0.1, 0.15) is 0 Å².